The molecule has 1 aromatic carbocycles. The van der Waals surface area contributed by atoms with Crippen molar-refractivity contribution in [2.45, 2.75) is 16.3 Å². The average Bonchev–Trinajstić information content (AvgIpc) is 3.28. The minimum atomic E-state index is -3.84. The smallest absolute Gasteiger partial charge is 0.240 e. The Labute approximate surface area is 167 Å². The van der Waals surface area contributed by atoms with Crippen molar-refractivity contribution >= 4 is 38.7 Å². The van der Waals surface area contributed by atoms with Crippen LogP contribution >= 0.6 is 22.9 Å². The quantitative estimate of drug-likeness (QED) is 0.541. The third-order valence-corrected chi connectivity index (χ3v) is 6.63. The molecule has 0 fully saturated rings. The number of thiophene rings is 1. The van der Waals surface area contributed by atoms with E-state index < -0.39 is 9.84 Å². The molecular formula is C18H21ClN3O3S2+. The van der Waals surface area contributed by atoms with Crippen LogP contribution in [0.1, 0.15) is 6.42 Å². The fraction of sp³-hybridized carbons (Fsp3) is 0.278. The van der Waals surface area contributed by atoms with Gasteiger partial charge in [-0.3, -0.25) is 0 Å². The van der Waals surface area contributed by atoms with Crippen LogP contribution in [0.3, 0.4) is 0 Å². The summed E-state index contributed by atoms with van der Waals surface area (Å²) in [6.07, 6.45) is 0.873. The first-order chi connectivity index (χ1) is 12.9. The summed E-state index contributed by atoms with van der Waals surface area (Å²) in [5.41, 5.74) is 0. The van der Waals surface area contributed by atoms with Crippen LogP contribution in [-0.2, 0) is 9.84 Å². The third kappa shape index (κ3) is 4.70. The number of nitrogens with one attached hydrogen (secondary N) is 2. The number of quaternary nitrogens is 1. The van der Waals surface area contributed by atoms with E-state index in [1.165, 1.54) is 28.4 Å². The molecule has 0 amide bonds. The van der Waals surface area contributed by atoms with Crippen molar-refractivity contribution in [3.05, 3.63) is 46.8 Å². The van der Waals surface area contributed by atoms with E-state index in [2.05, 4.69) is 24.4 Å². The molecule has 27 heavy (non-hydrogen) atoms. The number of halogens is 1. The summed E-state index contributed by atoms with van der Waals surface area (Å²) in [4.78, 5) is 6.51. The van der Waals surface area contributed by atoms with Gasteiger partial charge in [0, 0.05) is 18.0 Å². The Bertz CT molecular complexity index is 982. The van der Waals surface area contributed by atoms with Gasteiger partial charge in [-0.25, -0.2) is 8.42 Å². The van der Waals surface area contributed by atoms with Crippen molar-refractivity contribution in [1.29, 1.82) is 0 Å². The van der Waals surface area contributed by atoms with Gasteiger partial charge in [0.2, 0.25) is 26.6 Å². The van der Waals surface area contributed by atoms with E-state index in [0.717, 1.165) is 17.8 Å². The van der Waals surface area contributed by atoms with E-state index >= 15 is 0 Å². The Hall–Kier alpha value is -1.87. The molecule has 2 heterocycles. The maximum absolute atomic E-state index is 13.1. The predicted octanol–water partition coefficient (Wildman–Crippen LogP) is 2.84. The zero-order valence-electron chi connectivity index (χ0n) is 15.0. The lowest BCUT2D eigenvalue weighted by molar-refractivity contribution is -0.858. The van der Waals surface area contributed by atoms with Gasteiger partial charge in [-0.2, -0.15) is 4.98 Å². The summed E-state index contributed by atoms with van der Waals surface area (Å²) in [7, 11) is 0.302. The van der Waals surface area contributed by atoms with E-state index in [1.807, 2.05) is 17.5 Å². The molecule has 2 aromatic heterocycles. The van der Waals surface area contributed by atoms with E-state index in [-0.39, 0.29) is 15.8 Å². The Morgan fingerprint density at radius 2 is 1.96 bits per heavy atom. The molecule has 6 nitrogen and oxygen atoms in total. The first-order valence-corrected chi connectivity index (χ1v) is 11.2. The standard InChI is InChI=1S/C18H20ClN3O3S2/c1-22(2)11-4-10-20-17-18(21-16(25-17)15-5-3-12-26-15)27(23,24)14-8-6-13(19)7-9-14/h3,5-9,12,20H,4,10-11H2,1-2H3/p+1. The SMILES string of the molecule is C[NH+](C)CCCNc1oc(-c2cccs2)nc1S(=O)(=O)c1ccc(Cl)cc1. The van der Waals surface area contributed by atoms with Gasteiger partial charge in [-0.1, -0.05) is 17.7 Å². The van der Waals surface area contributed by atoms with Crippen molar-refractivity contribution in [3.63, 3.8) is 0 Å². The van der Waals surface area contributed by atoms with Crippen LogP contribution in [0.4, 0.5) is 5.88 Å². The highest BCUT2D eigenvalue weighted by Crippen LogP contribution is 2.34. The Morgan fingerprint density at radius 1 is 1.22 bits per heavy atom. The minimum absolute atomic E-state index is 0.106. The number of nitrogens with zero attached hydrogens (tertiary/aromatic N) is 1. The van der Waals surface area contributed by atoms with E-state index in [4.69, 9.17) is 16.0 Å². The highest BCUT2D eigenvalue weighted by molar-refractivity contribution is 7.91. The summed E-state index contributed by atoms with van der Waals surface area (Å²) >= 11 is 7.32. The molecule has 0 unspecified atom stereocenters. The number of rotatable bonds is 8. The first kappa shape index (κ1) is 19.9. The number of anilines is 1. The molecule has 9 heteroatoms. The first-order valence-electron chi connectivity index (χ1n) is 8.46. The predicted molar refractivity (Wildman–Crippen MR) is 108 cm³/mol. The number of oxazole rings is 1. The van der Waals surface area contributed by atoms with Gasteiger partial charge in [-0.15, -0.1) is 11.3 Å². The topological polar surface area (TPSA) is 76.6 Å². The lowest BCUT2D eigenvalue weighted by Gasteiger charge is -2.08. The second-order valence-electron chi connectivity index (χ2n) is 6.33. The molecule has 3 aromatic rings. The van der Waals surface area contributed by atoms with E-state index in [1.54, 1.807) is 12.1 Å². The molecule has 0 saturated heterocycles. The summed E-state index contributed by atoms with van der Waals surface area (Å²) in [5.74, 6) is 0.459. The molecule has 0 spiro atoms. The van der Waals surface area contributed by atoms with Crippen molar-refractivity contribution < 1.29 is 17.7 Å². The molecule has 0 aliphatic rings. The zero-order valence-corrected chi connectivity index (χ0v) is 17.4. The largest absolute Gasteiger partial charge is 0.418 e. The molecule has 0 aliphatic heterocycles. The van der Waals surface area contributed by atoms with E-state index in [0.29, 0.717) is 17.5 Å². The van der Waals surface area contributed by atoms with Crippen molar-refractivity contribution in [1.82, 2.24) is 4.98 Å². The molecule has 3 rings (SSSR count). The average molecular weight is 427 g/mol. The Balaban J connectivity index is 1.95. The molecule has 144 valence electrons. The van der Waals surface area contributed by atoms with Crippen LogP contribution in [-0.4, -0.2) is 40.6 Å². The number of hydrogen-bond donors (Lipinski definition) is 2. The summed E-state index contributed by atoms with van der Waals surface area (Å²) in [6.45, 7) is 1.55. The number of sulfone groups is 1. The molecule has 0 saturated carbocycles. The minimum Gasteiger partial charge on any atom is -0.418 e. The Kier molecular flexibility index (Phi) is 6.21. The van der Waals surface area contributed by atoms with Crippen LogP contribution in [0.2, 0.25) is 5.02 Å². The molecule has 0 radical (unpaired) electrons. The normalized spacial score (nSPS) is 11.9. The van der Waals surface area contributed by atoms with Crippen molar-refractivity contribution in [2.24, 2.45) is 0 Å². The number of aromatic nitrogens is 1. The van der Waals surface area contributed by atoms with Gasteiger partial charge >= 0.3 is 0 Å². The Morgan fingerprint density at radius 3 is 2.59 bits per heavy atom. The second-order valence-corrected chi connectivity index (χ2v) is 9.57. The number of benzene rings is 1. The van der Waals surface area contributed by atoms with Gasteiger partial charge in [0.25, 0.3) is 0 Å². The number of hydrogen-bond acceptors (Lipinski definition) is 6. The lowest BCUT2D eigenvalue weighted by Crippen LogP contribution is -3.05. The monoisotopic (exact) mass is 426 g/mol. The lowest BCUT2D eigenvalue weighted by atomic mass is 10.4. The fourth-order valence-electron chi connectivity index (χ4n) is 2.47. The van der Waals surface area contributed by atoms with Gasteiger partial charge in [-0.05, 0) is 35.7 Å². The van der Waals surface area contributed by atoms with Crippen LogP contribution < -0.4 is 10.2 Å². The summed E-state index contributed by atoms with van der Waals surface area (Å²) in [6, 6.07) is 9.73. The van der Waals surface area contributed by atoms with E-state index in [9.17, 15) is 8.42 Å². The highest BCUT2D eigenvalue weighted by Gasteiger charge is 2.28. The molecule has 2 N–H and O–H groups in total. The highest BCUT2D eigenvalue weighted by atomic mass is 35.5. The van der Waals surface area contributed by atoms with Crippen molar-refractivity contribution in [3.8, 4) is 10.8 Å². The zero-order chi connectivity index (χ0) is 19.4. The van der Waals surface area contributed by atoms with Gasteiger partial charge in [0.15, 0.2) is 0 Å². The van der Waals surface area contributed by atoms with Crippen molar-refractivity contribution in [2.75, 3.05) is 32.5 Å². The maximum atomic E-state index is 13.1. The second kappa shape index (κ2) is 8.43. The molecule has 0 bridgehead atoms. The van der Waals surface area contributed by atoms with Crippen LogP contribution in [0, 0.1) is 0 Å². The summed E-state index contributed by atoms with van der Waals surface area (Å²) < 4.78 is 31.9. The van der Waals surface area contributed by atoms with Gasteiger partial charge < -0.3 is 14.6 Å². The van der Waals surface area contributed by atoms with Gasteiger partial charge in [0.1, 0.15) is 0 Å². The fourth-order valence-corrected chi connectivity index (χ4v) is 4.53. The molecular weight excluding hydrogens is 406 g/mol. The molecule has 0 atom stereocenters. The van der Waals surface area contributed by atoms with Crippen LogP contribution in [0.5, 0.6) is 0 Å². The third-order valence-electron chi connectivity index (χ3n) is 3.85. The molecule has 0 aliphatic carbocycles. The maximum Gasteiger partial charge on any atom is 0.240 e. The van der Waals surface area contributed by atoms with Crippen LogP contribution in [0.25, 0.3) is 10.8 Å². The van der Waals surface area contributed by atoms with Crippen LogP contribution in [0.15, 0.2) is 56.1 Å². The van der Waals surface area contributed by atoms with Gasteiger partial charge in [0.05, 0.1) is 30.4 Å². The summed E-state index contributed by atoms with van der Waals surface area (Å²) in [5, 5.41) is 5.35.